The zero-order valence-corrected chi connectivity index (χ0v) is 12.8. The molecule has 24 heavy (non-hydrogen) atoms. The molecule has 3 rings (SSSR count). The normalized spacial score (nSPS) is 12.6. The lowest BCUT2D eigenvalue weighted by atomic mass is 9.81. The smallest absolute Gasteiger partial charge is 0.202 e. The van der Waals surface area contributed by atoms with Gasteiger partial charge in [0.1, 0.15) is 23.0 Å². The van der Waals surface area contributed by atoms with E-state index < -0.39 is 23.1 Å². The molecule has 0 saturated heterocycles. The number of aromatic hydroxyl groups is 2. The van der Waals surface area contributed by atoms with E-state index in [0.717, 1.165) is 12.1 Å². The molecule has 0 spiro atoms. The molecule has 0 aromatic heterocycles. The highest BCUT2D eigenvalue weighted by Gasteiger charge is 2.39. The van der Waals surface area contributed by atoms with Gasteiger partial charge in [-0.05, 0) is 0 Å². The number of fused-ring (bicyclic) bond motifs is 2. The van der Waals surface area contributed by atoms with E-state index in [9.17, 15) is 19.8 Å². The highest BCUT2D eigenvalue weighted by Crippen LogP contribution is 2.46. The topological polar surface area (TPSA) is 145 Å². The van der Waals surface area contributed by atoms with Crippen LogP contribution in [0.5, 0.6) is 23.0 Å². The Balaban J connectivity index is 2.44. The molecule has 8 heteroatoms. The first-order chi connectivity index (χ1) is 11.3. The Morgan fingerprint density at radius 1 is 0.750 bits per heavy atom. The summed E-state index contributed by atoms with van der Waals surface area (Å²) in [5.41, 5.74) is 10.6. The minimum Gasteiger partial charge on any atom is -0.507 e. The van der Waals surface area contributed by atoms with E-state index in [4.69, 9.17) is 20.9 Å². The van der Waals surface area contributed by atoms with Crippen LogP contribution in [0, 0.1) is 0 Å². The van der Waals surface area contributed by atoms with Crippen LogP contribution in [0.25, 0.3) is 0 Å². The largest absolute Gasteiger partial charge is 0.507 e. The highest BCUT2D eigenvalue weighted by molar-refractivity contribution is 6.33. The molecular formula is C16H14N2O6. The Morgan fingerprint density at radius 2 is 1.08 bits per heavy atom. The second kappa shape index (κ2) is 5.05. The van der Waals surface area contributed by atoms with E-state index in [1.807, 2.05) is 0 Å². The van der Waals surface area contributed by atoms with Crippen LogP contribution < -0.4 is 20.9 Å². The average Bonchev–Trinajstić information content (AvgIpc) is 2.55. The van der Waals surface area contributed by atoms with Gasteiger partial charge in [0.15, 0.2) is 5.78 Å². The van der Waals surface area contributed by atoms with Crippen molar-refractivity contribution in [1.29, 1.82) is 0 Å². The van der Waals surface area contributed by atoms with Gasteiger partial charge in [0, 0.05) is 12.1 Å². The minimum absolute atomic E-state index is 0.0431. The SMILES string of the molecule is COc1cc(O)c2c(c1N)C(=O)c1c(N)c(OC)cc(O)c1C2=O. The Kier molecular flexibility index (Phi) is 3.26. The van der Waals surface area contributed by atoms with Gasteiger partial charge in [0.2, 0.25) is 5.78 Å². The summed E-state index contributed by atoms with van der Waals surface area (Å²) in [6, 6.07) is 2.27. The van der Waals surface area contributed by atoms with Crippen LogP contribution >= 0.6 is 0 Å². The van der Waals surface area contributed by atoms with Crippen molar-refractivity contribution in [2.75, 3.05) is 25.7 Å². The van der Waals surface area contributed by atoms with Crippen molar-refractivity contribution in [3.05, 3.63) is 34.4 Å². The van der Waals surface area contributed by atoms with Gasteiger partial charge in [0.05, 0.1) is 47.8 Å². The van der Waals surface area contributed by atoms with E-state index in [2.05, 4.69) is 0 Å². The summed E-state index contributed by atoms with van der Waals surface area (Å²) in [5.74, 6) is -2.35. The maximum atomic E-state index is 12.9. The number of hydrogen-bond acceptors (Lipinski definition) is 8. The molecule has 0 saturated carbocycles. The van der Waals surface area contributed by atoms with Gasteiger partial charge in [0.25, 0.3) is 0 Å². The molecule has 2 aromatic rings. The molecule has 0 radical (unpaired) electrons. The fraction of sp³-hybridized carbons (Fsp3) is 0.125. The van der Waals surface area contributed by atoms with Crippen molar-refractivity contribution < 1.29 is 29.3 Å². The number of ether oxygens (including phenoxy) is 2. The second-order valence-electron chi connectivity index (χ2n) is 5.18. The molecule has 0 atom stereocenters. The standard InChI is InChI=1S/C16H14N2O6/c1-23-7-3-5(19)9-11(13(7)17)16(22)12-10(15(9)21)6(20)4-8(24-2)14(12)18/h3-4,19-20H,17-18H2,1-2H3. The summed E-state index contributed by atoms with van der Waals surface area (Å²) in [6.45, 7) is 0. The lowest BCUT2D eigenvalue weighted by molar-refractivity contribution is 0.0975. The van der Waals surface area contributed by atoms with Crippen LogP contribution in [0.4, 0.5) is 11.4 Å². The van der Waals surface area contributed by atoms with Gasteiger partial charge >= 0.3 is 0 Å². The Hall–Kier alpha value is -3.42. The van der Waals surface area contributed by atoms with Gasteiger partial charge in [-0.15, -0.1) is 0 Å². The number of phenolic OH excluding ortho intramolecular Hbond substituents is 2. The molecule has 0 fully saturated rings. The lowest BCUT2D eigenvalue weighted by Gasteiger charge is -2.23. The van der Waals surface area contributed by atoms with Crippen molar-refractivity contribution in [1.82, 2.24) is 0 Å². The molecule has 0 aliphatic heterocycles. The maximum Gasteiger partial charge on any atom is 0.202 e. The molecule has 124 valence electrons. The van der Waals surface area contributed by atoms with Crippen LogP contribution in [0.1, 0.15) is 31.8 Å². The van der Waals surface area contributed by atoms with E-state index in [1.165, 1.54) is 14.2 Å². The number of nitrogen functional groups attached to an aromatic ring is 2. The quantitative estimate of drug-likeness (QED) is 0.403. The number of carbonyl (C=O) groups is 2. The second-order valence-corrected chi connectivity index (χ2v) is 5.18. The first-order valence-electron chi connectivity index (χ1n) is 6.81. The molecule has 0 unspecified atom stereocenters. The number of ketones is 2. The van der Waals surface area contributed by atoms with Gasteiger partial charge in [-0.3, -0.25) is 9.59 Å². The van der Waals surface area contributed by atoms with Crippen molar-refractivity contribution in [2.45, 2.75) is 0 Å². The Morgan fingerprint density at radius 3 is 1.42 bits per heavy atom. The number of anilines is 2. The minimum atomic E-state index is -0.765. The molecule has 2 aromatic carbocycles. The molecule has 6 N–H and O–H groups in total. The summed E-state index contributed by atoms with van der Waals surface area (Å²) >= 11 is 0. The zero-order valence-electron chi connectivity index (χ0n) is 12.8. The summed E-state index contributed by atoms with van der Waals surface area (Å²) in [5, 5.41) is 20.2. The van der Waals surface area contributed by atoms with Gasteiger partial charge in [-0.1, -0.05) is 0 Å². The van der Waals surface area contributed by atoms with Gasteiger partial charge in [-0.2, -0.15) is 0 Å². The summed E-state index contributed by atoms with van der Waals surface area (Å²) in [6.07, 6.45) is 0. The number of benzene rings is 2. The molecule has 8 nitrogen and oxygen atoms in total. The van der Waals surface area contributed by atoms with Crippen molar-refractivity contribution >= 4 is 22.9 Å². The predicted octanol–water partition coefficient (Wildman–Crippen LogP) is 1.05. The van der Waals surface area contributed by atoms with Crippen LogP contribution in [0.2, 0.25) is 0 Å². The molecule has 1 aliphatic rings. The Bertz CT molecular complexity index is 848. The third kappa shape index (κ3) is 1.79. The third-order valence-electron chi connectivity index (χ3n) is 3.97. The first kappa shape index (κ1) is 15.5. The van der Waals surface area contributed by atoms with E-state index in [-0.39, 0.29) is 45.1 Å². The van der Waals surface area contributed by atoms with Crippen LogP contribution in [0.15, 0.2) is 12.1 Å². The van der Waals surface area contributed by atoms with Crippen molar-refractivity contribution in [3.63, 3.8) is 0 Å². The zero-order chi connectivity index (χ0) is 17.8. The molecule has 0 amide bonds. The molecule has 1 aliphatic carbocycles. The van der Waals surface area contributed by atoms with Gasteiger partial charge in [-0.25, -0.2) is 0 Å². The number of rotatable bonds is 2. The molecule has 0 bridgehead atoms. The van der Waals surface area contributed by atoms with Crippen molar-refractivity contribution in [3.8, 4) is 23.0 Å². The average molecular weight is 330 g/mol. The van der Waals surface area contributed by atoms with E-state index >= 15 is 0 Å². The van der Waals surface area contributed by atoms with Crippen molar-refractivity contribution in [2.24, 2.45) is 0 Å². The number of carbonyl (C=O) groups excluding carboxylic acids is 2. The van der Waals surface area contributed by atoms with Crippen LogP contribution in [-0.2, 0) is 0 Å². The molecular weight excluding hydrogens is 316 g/mol. The number of phenols is 2. The third-order valence-corrected chi connectivity index (χ3v) is 3.97. The number of nitrogens with two attached hydrogens (primary N) is 2. The Labute approximate surface area is 136 Å². The fourth-order valence-electron chi connectivity index (χ4n) is 2.84. The summed E-state index contributed by atoms with van der Waals surface area (Å²) in [4.78, 5) is 25.6. The van der Waals surface area contributed by atoms with Crippen LogP contribution in [-0.4, -0.2) is 36.0 Å². The predicted molar refractivity (Wildman–Crippen MR) is 85.0 cm³/mol. The van der Waals surface area contributed by atoms with E-state index in [1.54, 1.807) is 0 Å². The summed E-state index contributed by atoms with van der Waals surface area (Å²) < 4.78 is 10.0. The lowest BCUT2D eigenvalue weighted by Crippen LogP contribution is -2.24. The van der Waals surface area contributed by atoms with Gasteiger partial charge < -0.3 is 31.2 Å². The highest BCUT2D eigenvalue weighted by atomic mass is 16.5. The monoisotopic (exact) mass is 330 g/mol. The first-order valence-corrected chi connectivity index (χ1v) is 6.81. The number of hydrogen-bond donors (Lipinski definition) is 4. The van der Waals surface area contributed by atoms with Crippen LogP contribution in [0.3, 0.4) is 0 Å². The van der Waals surface area contributed by atoms with E-state index in [0.29, 0.717) is 0 Å². The molecule has 0 heterocycles. The fourth-order valence-corrected chi connectivity index (χ4v) is 2.84. The maximum absolute atomic E-state index is 12.9. The summed E-state index contributed by atoms with van der Waals surface area (Å²) in [7, 11) is 2.62. The number of methoxy groups -OCH3 is 2.